The van der Waals surface area contributed by atoms with Gasteiger partial charge in [0.2, 0.25) is 10.0 Å². The zero-order valence-corrected chi connectivity index (χ0v) is 13.9. The zero-order valence-electron chi connectivity index (χ0n) is 12.2. The first-order chi connectivity index (χ1) is 9.71. The molecule has 0 saturated heterocycles. The first-order valence-electron chi connectivity index (χ1n) is 6.87. The molecular weight excluding hydrogens is 308 g/mol. The third-order valence-electron chi connectivity index (χ3n) is 4.02. The molecule has 2 atom stereocenters. The third kappa shape index (κ3) is 4.12. The summed E-state index contributed by atoms with van der Waals surface area (Å²) in [7, 11) is -3.33. The average molecular weight is 330 g/mol. The summed E-state index contributed by atoms with van der Waals surface area (Å²) in [4.78, 5) is 0.963. The van der Waals surface area contributed by atoms with Crippen molar-refractivity contribution in [3.8, 4) is 0 Å². The molecule has 118 valence electrons. The van der Waals surface area contributed by atoms with Crippen LogP contribution in [0.15, 0.2) is 29.2 Å². The van der Waals surface area contributed by atoms with Crippen LogP contribution in [-0.4, -0.2) is 37.2 Å². The number of hydrogen-bond donors (Lipinski definition) is 3. The smallest absolute Gasteiger partial charge is 0.212 e. The second kappa shape index (κ2) is 6.16. The minimum absolute atomic E-state index is 0.0507. The van der Waals surface area contributed by atoms with Crippen LogP contribution in [0.1, 0.15) is 20.3 Å². The quantitative estimate of drug-likeness (QED) is 0.542. The molecule has 5 nitrogen and oxygen atoms in total. The van der Waals surface area contributed by atoms with Crippen LogP contribution >= 0.6 is 11.8 Å². The van der Waals surface area contributed by atoms with Crippen molar-refractivity contribution in [3.05, 3.63) is 24.3 Å². The normalized spacial score (nSPS) is 24.5. The van der Waals surface area contributed by atoms with E-state index in [1.807, 2.05) is 32.0 Å². The van der Waals surface area contributed by atoms with Crippen LogP contribution < -0.4 is 10.5 Å². The van der Waals surface area contributed by atoms with Gasteiger partial charge in [-0.2, -0.15) is 0 Å². The molecule has 1 saturated carbocycles. The topological polar surface area (TPSA) is 92.4 Å². The van der Waals surface area contributed by atoms with Crippen LogP contribution in [0.2, 0.25) is 0 Å². The molecular formula is C14H22N2O3S2. The second-order valence-corrected chi connectivity index (χ2v) is 9.02. The van der Waals surface area contributed by atoms with E-state index < -0.39 is 21.5 Å². The molecule has 1 aromatic rings. The molecule has 0 amide bonds. The van der Waals surface area contributed by atoms with E-state index in [1.54, 1.807) is 6.07 Å². The number of aliphatic hydroxyl groups is 1. The van der Waals surface area contributed by atoms with Crippen LogP contribution in [0.3, 0.4) is 0 Å². The summed E-state index contributed by atoms with van der Waals surface area (Å²) in [5.41, 5.74) is 5.96. The van der Waals surface area contributed by atoms with Crippen molar-refractivity contribution >= 4 is 27.5 Å². The molecule has 0 heterocycles. The molecule has 2 unspecified atom stereocenters. The molecule has 21 heavy (non-hydrogen) atoms. The first kappa shape index (κ1) is 16.6. The molecule has 0 radical (unpaired) electrons. The monoisotopic (exact) mass is 330 g/mol. The van der Waals surface area contributed by atoms with Gasteiger partial charge in [-0.15, -0.1) is 11.8 Å². The standard InChI is InChI=1S/C14H22N2O3S2/c1-14(2)12(9-13(14)17)16-21(18,19)7-6-20-11-5-3-4-10(15)8-11/h3-5,8,12-13,16-17H,6-7,9,15H2,1-2H3. The Labute approximate surface area is 130 Å². The first-order valence-corrected chi connectivity index (χ1v) is 9.51. The fourth-order valence-electron chi connectivity index (χ4n) is 2.25. The number of aliphatic hydroxyl groups excluding tert-OH is 1. The van der Waals surface area contributed by atoms with Crippen LogP contribution in [0.5, 0.6) is 0 Å². The Bertz CT molecular complexity index is 602. The van der Waals surface area contributed by atoms with Crippen molar-refractivity contribution in [1.82, 2.24) is 4.72 Å². The molecule has 2 rings (SSSR count). The number of anilines is 1. The SMILES string of the molecule is CC1(C)C(O)CC1NS(=O)(=O)CCSc1cccc(N)c1. The van der Waals surface area contributed by atoms with E-state index in [0.717, 1.165) is 4.90 Å². The maximum atomic E-state index is 12.1. The molecule has 7 heteroatoms. The van der Waals surface area contributed by atoms with E-state index in [0.29, 0.717) is 17.9 Å². The van der Waals surface area contributed by atoms with E-state index in [4.69, 9.17) is 5.73 Å². The molecule has 4 N–H and O–H groups in total. The molecule has 1 fully saturated rings. The highest BCUT2D eigenvalue weighted by molar-refractivity contribution is 8.00. The van der Waals surface area contributed by atoms with Gasteiger partial charge in [0.15, 0.2) is 0 Å². The highest BCUT2D eigenvalue weighted by Gasteiger charge is 2.48. The van der Waals surface area contributed by atoms with Gasteiger partial charge < -0.3 is 10.8 Å². The third-order valence-corrected chi connectivity index (χ3v) is 6.66. The number of sulfonamides is 1. The predicted octanol–water partition coefficient (Wildman–Crippen LogP) is 1.44. The second-order valence-electron chi connectivity index (χ2n) is 5.98. The lowest BCUT2D eigenvalue weighted by molar-refractivity contribution is -0.0644. The molecule has 1 aliphatic rings. The van der Waals surface area contributed by atoms with Gasteiger partial charge in [-0.1, -0.05) is 19.9 Å². The van der Waals surface area contributed by atoms with Gasteiger partial charge in [0, 0.05) is 27.8 Å². The van der Waals surface area contributed by atoms with Gasteiger partial charge in [-0.05, 0) is 24.6 Å². The number of hydrogen-bond acceptors (Lipinski definition) is 5. The Morgan fingerprint density at radius 1 is 1.48 bits per heavy atom. The van der Waals surface area contributed by atoms with E-state index in [1.165, 1.54) is 11.8 Å². The number of nitrogen functional groups attached to an aromatic ring is 1. The van der Waals surface area contributed by atoms with Crippen LogP contribution in [0.25, 0.3) is 0 Å². The summed E-state index contributed by atoms with van der Waals surface area (Å²) in [6.45, 7) is 3.74. The van der Waals surface area contributed by atoms with Crippen molar-refractivity contribution < 1.29 is 13.5 Å². The Morgan fingerprint density at radius 3 is 2.76 bits per heavy atom. The molecule has 0 aromatic heterocycles. The zero-order chi connectivity index (χ0) is 15.7. The highest BCUT2D eigenvalue weighted by Crippen LogP contribution is 2.40. The summed E-state index contributed by atoms with van der Waals surface area (Å²) >= 11 is 1.47. The van der Waals surface area contributed by atoms with Gasteiger partial charge in [0.1, 0.15) is 0 Å². The molecule has 0 aliphatic heterocycles. The summed E-state index contributed by atoms with van der Waals surface area (Å²) in [6, 6.07) is 7.20. The lowest BCUT2D eigenvalue weighted by atomic mass is 9.65. The molecule has 1 aromatic carbocycles. The van der Waals surface area contributed by atoms with Gasteiger partial charge in [0.25, 0.3) is 0 Å². The summed E-state index contributed by atoms with van der Waals surface area (Å²) in [6.07, 6.45) is 0.0427. The maximum absolute atomic E-state index is 12.1. The molecule has 1 aliphatic carbocycles. The largest absolute Gasteiger partial charge is 0.399 e. The summed E-state index contributed by atoms with van der Waals surface area (Å²) < 4.78 is 26.8. The molecule has 0 bridgehead atoms. The van der Waals surface area contributed by atoms with E-state index in [2.05, 4.69) is 4.72 Å². The Balaban J connectivity index is 1.82. The van der Waals surface area contributed by atoms with Gasteiger partial charge >= 0.3 is 0 Å². The average Bonchev–Trinajstić information content (AvgIpc) is 2.38. The van der Waals surface area contributed by atoms with Crippen molar-refractivity contribution in [2.75, 3.05) is 17.2 Å². The van der Waals surface area contributed by atoms with Gasteiger partial charge in [-0.3, -0.25) is 0 Å². The van der Waals surface area contributed by atoms with E-state index >= 15 is 0 Å². The maximum Gasteiger partial charge on any atom is 0.212 e. The van der Waals surface area contributed by atoms with Crippen LogP contribution in [0.4, 0.5) is 5.69 Å². The molecule has 0 spiro atoms. The fraction of sp³-hybridized carbons (Fsp3) is 0.571. The predicted molar refractivity (Wildman–Crippen MR) is 86.7 cm³/mol. The lowest BCUT2D eigenvalue weighted by Crippen LogP contribution is -2.61. The Morgan fingerprint density at radius 2 is 2.19 bits per heavy atom. The number of thioether (sulfide) groups is 1. The number of rotatable bonds is 6. The number of nitrogens with one attached hydrogen (secondary N) is 1. The van der Waals surface area contributed by atoms with Crippen molar-refractivity contribution in [1.29, 1.82) is 0 Å². The number of benzene rings is 1. The van der Waals surface area contributed by atoms with Crippen LogP contribution in [-0.2, 0) is 10.0 Å². The minimum atomic E-state index is -3.33. The summed E-state index contributed by atoms with van der Waals surface area (Å²) in [5, 5.41) is 9.64. The van der Waals surface area contributed by atoms with Crippen molar-refractivity contribution in [2.24, 2.45) is 5.41 Å². The Hall–Kier alpha value is -0.760. The minimum Gasteiger partial charge on any atom is -0.399 e. The number of nitrogens with two attached hydrogens (primary N) is 1. The van der Waals surface area contributed by atoms with Gasteiger partial charge in [0.05, 0.1) is 11.9 Å². The van der Waals surface area contributed by atoms with Crippen molar-refractivity contribution in [2.45, 2.75) is 37.3 Å². The highest BCUT2D eigenvalue weighted by atomic mass is 32.2. The fourth-order valence-corrected chi connectivity index (χ4v) is 5.04. The van der Waals surface area contributed by atoms with E-state index in [-0.39, 0.29) is 11.8 Å². The lowest BCUT2D eigenvalue weighted by Gasteiger charge is -2.49. The van der Waals surface area contributed by atoms with E-state index in [9.17, 15) is 13.5 Å². The van der Waals surface area contributed by atoms with Gasteiger partial charge in [-0.25, -0.2) is 13.1 Å². The van der Waals surface area contributed by atoms with Crippen LogP contribution in [0, 0.1) is 5.41 Å². The van der Waals surface area contributed by atoms with Crippen molar-refractivity contribution in [3.63, 3.8) is 0 Å². The Kier molecular flexibility index (Phi) is 4.87. The summed E-state index contributed by atoms with van der Waals surface area (Å²) in [5.74, 6) is 0.517.